The van der Waals surface area contributed by atoms with Crippen LogP contribution in [-0.4, -0.2) is 55.0 Å². The maximum Gasteiger partial charge on any atom is 0.406 e. The largest absolute Gasteiger partial charge is 0.406 e. The molecule has 0 aliphatic heterocycles. The first-order valence-corrected chi connectivity index (χ1v) is 5.10. The average Bonchev–Trinajstić information content (AvgIpc) is 2.12. The minimum absolute atomic E-state index is 0.535. The lowest BCUT2D eigenvalue weighted by atomic mass is 10.2. The maximum atomic E-state index is 12.3. The second-order valence-corrected chi connectivity index (χ2v) is 4.25. The Morgan fingerprint density at radius 2 is 1.65 bits per heavy atom. The van der Waals surface area contributed by atoms with Gasteiger partial charge in [0.15, 0.2) is 0 Å². The van der Waals surface area contributed by atoms with E-state index in [0.717, 1.165) is 4.90 Å². The van der Waals surface area contributed by atoms with E-state index in [0.29, 0.717) is 4.90 Å². The molecule has 0 saturated heterocycles. The van der Waals surface area contributed by atoms with E-state index in [2.05, 4.69) is 0 Å². The van der Waals surface area contributed by atoms with Crippen LogP contribution >= 0.6 is 0 Å². The van der Waals surface area contributed by atoms with Crippen molar-refractivity contribution in [3.05, 3.63) is 0 Å². The summed E-state index contributed by atoms with van der Waals surface area (Å²) < 4.78 is 36.8. The molecule has 0 heterocycles. The number of nitrogens with zero attached hydrogens (tertiary/aromatic N) is 2. The molecule has 2 amide bonds. The Labute approximate surface area is 98.4 Å². The molecule has 0 aliphatic carbocycles. The van der Waals surface area contributed by atoms with Crippen molar-refractivity contribution in [3.63, 3.8) is 0 Å². The second kappa shape index (κ2) is 5.88. The number of amides is 2. The summed E-state index contributed by atoms with van der Waals surface area (Å²) in [5, 5.41) is 0. The number of hydrogen-bond acceptors (Lipinski definition) is 2. The van der Waals surface area contributed by atoms with Gasteiger partial charge in [0.05, 0.1) is 0 Å². The minimum Gasteiger partial charge on any atom is -0.347 e. The third-order valence-corrected chi connectivity index (χ3v) is 2.00. The normalized spacial score (nSPS) is 11.5. The first-order valence-electron chi connectivity index (χ1n) is 5.10. The van der Waals surface area contributed by atoms with Gasteiger partial charge in [0.1, 0.15) is 13.1 Å². The van der Waals surface area contributed by atoms with E-state index in [-0.39, 0.29) is 0 Å². The van der Waals surface area contributed by atoms with Gasteiger partial charge >= 0.3 is 6.18 Å². The van der Waals surface area contributed by atoms with Crippen LogP contribution in [0, 0.1) is 5.92 Å². The molecule has 0 bridgehead atoms. The first-order chi connectivity index (χ1) is 7.54. The van der Waals surface area contributed by atoms with Crippen molar-refractivity contribution in [1.82, 2.24) is 9.80 Å². The molecule has 0 N–H and O–H groups in total. The molecule has 0 aliphatic rings. The van der Waals surface area contributed by atoms with Crippen molar-refractivity contribution in [2.45, 2.75) is 20.0 Å². The van der Waals surface area contributed by atoms with Crippen LogP contribution in [0.5, 0.6) is 0 Å². The standard InChI is InChI=1S/C10H17F3N2O2/c1-7(2)9(17)15(6-10(11,12)13)5-8(16)14(3)4/h7H,5-6H2,1-4H3. The molecule has 0 aromatic carbocycles. The van der Waals surface area contributed by atoms with Gasteiger partial charge in [0.25, 0.3) is 0 Å². The highest BCUT2D eigenvalue weighted by Gasteiger charge is 2.34. The van der Waals surface area contributed by atoms with Crippen LogP contribution in [-0.2, 0) is 9.59 Å². The Morgan fingerprint density at radius 1 is 1.18 bits per heavy atom. The number of hydrogen-bond donors (Lipinski definition) is 0. The molecule has 0 saturated carbocycles. The zero-order valence-electron chi connectivity index (χ0n) is 10.3. The van der Waals surface area contributed by atoms with E-state index < -0.39 is 37.0 Å². The number of rotatable bonds is 4. The van der Waals surface area contributed by atoms with E-state index in [1.807, 2.05) is 0 Å². The van der Waals surface area contributed by atoms with Gasteiger partial charge in [-0.05, 0) is 0 Å². The van der Waals surface area contributed by atoms with E-state index in [1.165, 1.54) is 27.9 Å². The number of alkyl halides is 3. The lowest BCUT2D eigenvalue weighted by molar-refractivity contribution is -0.165. The summed E-state index contributed by atoms with van der Waals surface area (Å²) >= 11 is 0. The molecule has 0 rings (SSSR count). The SMILES string of the molecule is CC(C)C(=O)N(CC(=O)N(C)C)CC(F)(F)F. The van der Waals surface area contributed by atoms with Crippen molar-refractivity contribution in [3.8, 4) is 0 Å². The monoisotopic (exact) mass is 254 g/mol. The van der Waals surface area contributed by atoms with Crippen LogP contribution < -0.4 is 0 Å². The third-order valence-electron chi connectivity index (χ3n) is 2.00. The van der Waals surface area contributed by atoms with Gasteiger partial charge in [-0.1, -0.05) is 13.8 Å². The Balaban J connectivity index is 4.75. The fourth-order valence-corrected chi connectivity index (χ4v) is 1.10. The average molecular weight is 254 g/mol. The van der Waals surface area contributed by atoms with Gasteiger partial charge in [0.2, 0.25) is 11.8 Å². The summed E-state index contributed by atoms with van der Waals surface area (Å²) in [4.78, 5) is 24.5. The zero-order valence-corrected chi connectivity index (χ0v) is 10.3. The molecule has 17 heavy (non-hydrogen) atoms. The minimum atomic E-state index is -4.50. The second-order valence-electron chi connectivity index (χ2n) is 4.25. The molecule has 0 atom stereocenters. The molecule has 0 fully saturated rings. The van der Waals surface area contributed by atoms with E-state index in [4.69, 9.17) is 0 Å². The molecular formula is C10H17F3N2O2. The molecule has 0 unspecified atom stereocenters. The fourth-order valence-electron chi connectivity index (χ4n) is 1.10. The molecule has 100 valence electrons. The Kier molecular flexibility index (Phi) is 5.44. The van der Waals surface area contributed by atoms with Gasteiger partial charge in [-0.25, -0.2) is 0 Å². The van der Waals surface area contributed by atoms with Crippen LogP contribution in [0.25, 0.3) is 0 Å². The Bertz CT molecular complexity index is 288. The van der Waals surface area contributed by atoms with Crippen molar-refractivity contribution >= 4 is 11.8 Å². The lowest BCUT2D eigenvalue weighted by Crippen LogP contribution is -2.46. The molecule has 0 aromatic rings. The molecular weight excluding hydrogens is 237 g/mol. The zero-order chi connectivity index (χ0) is 13.8. The quantitative estimate of drug-likeness (QED) is 0.754. The Morgan fingerprint density at radius 3 is 1.94 bits per heavy atom. The van der Waals surface area contributed by atoms with Crippen LogP contribution in [0.3, 0.4) is 0 Å². The van der Waals surface area contributed by atoms with E-state index in [9.17, 15) is 22.8 Å². The summed E-state index contributed by atoms with van der Waals surface area (Å²) in [6.45, 7) is 1.03. The number of halogens is 3. The lowest BCUT2D eigenvalue weighted by Gasteiger charge is -2.26. The van der Waals surface area contributed by atoms with Crippen LogP contribution in [0.4, 0.5) is 13.2 Å². The molecule has 7 heteroatoms. The van der Waals surface area contributed by atoms with E-state index >= 15 is 0 Å². The topological polar surface area (TPSA) is 40.6 Å². The smallest absolute Gasteiger partial charge is 0.347 e. The van der Waals surface area contributed by atoms with Gasteiger partial charge in [-0.15, -0.1) is 0 Å². The summed E-state index contributed by atoms with van der Waals surface area (Å²) in [5.74, 6) is -1.80. The number of likely N-dealkylation sites (N-methyl/N-ethyl adjacent to an activating group) is 1. The molecule has 4 nitrogen and oxygen atoms in total. The first kappa shape index (κ1) is 15.7. The fraction of sp³-hybridized carbons (Fsp3) is 0.800. The van der Waals surface area contributed by atoms with Crippen molar-refractivity contribution in [2.24, 2.45) is 5.92 Å². The summed E-state index contributed by atoms with van der Waals surface area (Å²) in [5.41, 5.74) is 0. The third kappa shape index (κ3) is 6.13. The predicted molar refractivity (Wildman–Crippen MR) is 56.2 cm³/mol. The van der Waals surface area contributed by atoms with Gasteiger partial charge in [-0.2, -0.15) is 13.2 Å². The summed E-state index contributed by atoms with van der Waals surface area (Å²) in [6.07, 6.45) is -4.50. The van der Waals surface area contributed by atoms with Gasteiger partial charge in [0, 0.05) is 20.0 Å². The highest BCUT2D eigenvalue weighted by atomic mass is 19.4. The van der Waals surface area contributed by atoms with Crippen LogP contribution in [0.1, 0.15) is 13.8 Å². The molecule has 0 radical (unpaired) electrons. The van der Waals surface area contributed by atoms with Crippen molar-refractivity contribution in [1.29, 1.82) is 0 Å². The van der Waals surface area contributed by atoms with E-state index in [1.54, 1.807) is 0 Å². The summed E-state index contributed by atoms with van der Waals surface area (Å²) in [6, 6.07) is 0. The van der Waals surface area contributed by atoms with Crippen molar-refractivity contribution < 1.29 is 22.8 Å². The number of carbonyl (C=O) groups is 2. The van der Waals surface area contributed by atoms with Crippen LogP contribution in [0.15, 0.2) is 0 Å². The molecule has 0 spiro atoms. The van der Waals surface area contributed by atoms with Crippen molar-refractivity contribution in [2.75, 3.05) is 27.2 Å². The Hall–Kier alpha value is -1.27. The highest BCUT2D eigenvalue weighted by molar-refractivity contribution is 5.85. The summed E-state index contributed by atoms with van der Waals surface area (Å²) in [7, 11) is 2.85. The molecule has 0 aromatic heterocycles. The number of carbonyl (C=O) groups excluding carboxylic acids is 2. The van der Waals surface area contributed by atoms with Gasteiger partial charge < -0.3 is 9.80 Å². The predicted octanol–water partition coefficient (Wildman–Crippen LogP) is 1.12. The van der Waals surface area contributed by atoms with Gasteiger partial charge in [-0.3, -0.25) is 9.59 Å². The maximum absolute atomic E-state index is 12.3. The van der Waals surface area contributed by atoms with Crippen LogP contribution in [0.2, 0.25) is 0 Å². The highest BCUT2D eigenvalue weighted by Crippen LogP contribution is 2.17.